The molecular weight excluding hydrogens is 271 g/mol. The van der Waals surface area contributed by atoms with Crippen molar-refractivity contribution in [1.29, 1.82) is 0 Å². The number of hydrogen-bond donors (Lipinski definition) is 1. The molecule has 1 rings (SSSR count). The van der Waals surface area contributed by atoms with E-state index in [1.54, 1.807) is 4.98 Å². The van der Waals surface area contributed by atoms with E-state index in [0.29, 0.717) is 4.57 Å². The Labute approximate surface area is 95.1 Å². The van der Waals surface area contributed by atoms with Gasteiger partial charge in [-0.2, -0.15) is 0 Å². The van der Waals surface area contributed by atoms with Gasteiger partial charge in [0.05, 0.1) is 0 Å². The Kier molecular flexibility index (Phi) is 8.84. The Morgan fingerprint density at radius 1 is 1.54 bits per heavy atom. The topological polar surface area (TPSA) is 54.9 Å². The van der Waals surface area contributed by atoms with E-state index < -0.39 is 17.1 Å². The van der Waals surface area contributed by atoms with Gasteiger partial charge in [-0.3, -0.25) is 4.79 Å². The van der Waals surface area contributed by atoms with Crippen molar-refractivity contribution in [1.82, 2.24) is 9.55 Å². The van der Waals surface area contributed by atoms with Crippen molar-refractivity contribution in [2.45, 2.75) is 0 Å². The molecule has 1 N–H and O–H groups in total. The molecule has 0 unspecified atom stereocenters. The van der Waals surface area contributed by atoms with Crippen LogP contribution in [0, 0.1) is 20.3 Å². The van der Waals surface area contributed by atoms with Gasteiger partial charge >= 0.3 is 34.2 Å². The van der Waals surface area contributed by atoms with E-state index in [4.69, 9.17) is 0 Å². The molecular formula is C6H7FN2O2PY-2. The van der Waals surface area contributed by atoms with Gasteiger partial charge in [-0.05, 0) is 0 Å². The third-order valence-corrected chi connectivity index (χ3v) is 0.967. The van der Waals surface area contributed by atoms with Crippen LogP contribution in [0.4, 0.5) is 4.39 Å². The van der Waals surface area contributed by atoms with E-state index in [2.05, 4.69) is 11.8 Å². The zero-order valence-corrected chi connectivity index (χ0v) is 10.7. The quantitative estimate of drug-likeness (QED) is 0.559. The fourth-order valence-electron chi connectivity index (χ4n) is 0.483. The number of halogens is 1. The minimum atomic E-state index is -1.02. The van der Waals surface area contributed by atoms with E-state index in [-0.39, 0.29) is 7.43 Å². The minimum absolute atomic E-state index is 0. The normalized spacial score (nSPS) is 7.85. The van der Waals surface area contributed by atoms with Crippen molar-refractivity contribution in [3.63, 3.8) is 0 Å². The number of rotatable bonds is 0. The molecule has 0 bridgehead atoms. The van der Waals surface area contributed by atoms with Crippen molar-refractivity contribution in [3.05, 3.63) is 47.3 Å². The molecule has 0 aliphatic heterocycles. The van der Waals surface area contributed by atoms with Gasteiger partial charge < -0.3 is 21.8 Å². The molecule has 4 nitrogen and oxygen atoms in total. The van der Waals surface area contributed by atoms with Crippen molar-refractivity contribution >= 4 is 4.77 Å². The van der Waals surface area contributed by atoms with Gasteiger partial charge in [-0.25, -0.2) is 4.39 Å². The molecule has 1 aromatic heterocycles. The summed E-state index contributed by atoms with van der Waals surface area (Å²) < 4.78 is 16.6. The SMILES string of the molecule is [CH2-]n1cc(F)c(=O)[nH]c1=O.[CH3-].[P]#[Y]. The second-order valence-corrected chi connectivity index (χ2v) is 1.71. The Balaban J connectivity index is 0. The molecule has 70 valence electrons. The van der Waals surface area contributed by atoms with Crippen LogP contribution in [-0.2, 0) is 29.5 Å². The zero-order chi connectivity index (χ0) is 9.72. The Morgan fingerprint density at radius 2 is 2.00 bits per heavy atom. The molecule has 0 spiro atoms. The third-order valence-electron chi connectivity index (χ3n) is 0.967. The van der Waals surface area contributed by atoms with Gasteiger partial charge in [0.25, 0.3) is 5.56 Å². The average Bonchev–Trinajstić information content (AvgIpc) is 2.05. The van der Waals surface area contributed by atoms with Crippen molar-refractivity contribution in [2.24, 2.45) is 0 Å². The Bertz CT molecular complexity index is 366. The summed E-state index contributed by atoms with van der Waals surface area (Å²) >= 11 is 1.04. The van der Waals surface area contributed by atoms with Crippen LogP contribution in [0.5, 0.6) is 0 Å². The molecule has 1 heterocycles. The van der Waals surface area contributed by atoms with Crippen LogP contribution < -0.4 is 11.2 Å². The van der Waals surface area contributed by atoms with Crippen LogP contribution in [0.3, 0.4) is 0 Å². The molecule has 0 fully saturated rings. The molecule has 0 saturated carbocycles. The Hall–Kier alpha value is 0.0139. The predicted octanol–water partition coefficient (Wildman–Crippen LogP) is 0.624. The maximum absolute atomic E-state index is 12.2. The van der Waals surface area contributed by atoms with Crippen LogP contribution in [0.2, 0.25) is 0 Å². The number of H-pyrrole nitrogens is 1. The molecule has 0 atom stereocenters. The van der Waals surface area contributed by atoms with Gasteiger partial charge in [0, 0.05) is 0 Å². The van der Waals surface area contributed by atoms with E-state index in [1.165, 1.54) is 0 Å². The molecule has 0 radical (unpaired) electrons. The van der Waals surface area contributed by atoms with Crippen LogP contribution in [0.1, 0.15) is 0 Å². The van der Waals surface area contributed by atoms with Crippen LogP contribution >= 0.6 is 4.77 Å². The average molecular weight is 278 g/mol. The molecule has 7 heteroatoms. The predicted molar refractivity (Wildman–Crippen MR) is 45.4 cm³/mol. The summed E-state index contributed by atoms with van der Waals surface area (Å²) in [6.07, 6.45) is 0.723. The molecule has 0 aliphatic rings. The first-order valence-electron chi connectivity index (χ1n) is 2.69. The maximum atomic E-state index is 12.2. The third kappa shape index (κ3) is 4.70. The number of nitrogens with zero attached hydrogens (tertiary/aromatic N) is 1. The summed E-state index contributed by atoms with van der Waals surface area (Å²) in [6, 6.07) is 0. The molecule has 0 aliphatic carbocycles. The molecule has 0 aromatic carbocycles. The standard InChI is InChI=1S/C5H4FN2O2.CH3.P.Y/c1-8-2-3(6)4(9)7-5(8)10;;;/h2H,1H2,(H,7,9,10);1H3;;/q2*-1;;. The van der Waals surface area contributed by atoms with Crippen LogP contribution in [0.25, 0.3) is 0 Å². The van der Waals surface area contributed by atoms with Crippen molar-refractivity contribution in [3.8, 4) is 0 Å². The van der Waals surface area contributed by atoms with Crippen molar-refractivity contribution in [2.75, 3.05) is 0 Å². The summed E-state index contributed by atoms with van der Waals surface area (Å²) in [5, 5.41) is 0. The molecule has 13 heavy (non-hydrogen) atoms. The number of aromatic nitrogens is 2. The van der Waals surface area contributed by atoms with Crippen LogP contribution in [0.15, 0.2) is 15.8 Å². The molecule has 0 saturated heterocycles. The molecule has 1 aromatic rings. The summed E-state index contributed by atoms with van der Waals surface area (Å²) in [5.74, 6) is -1.02. The summed E-state index contributed by atoms with van der Waals surface area (Å²) in [5.41, 5.74) is -1.75. The monoisotopic (exact) mass is 278 g/mol. The number of aromatic amines is 1. The van der Waals surface area contributed by atoms with Gasteiger partial charge in [0.2, 0.25) is 5.69 Å². The first kappa shape index (κ1) is 15.5. The van der Waals surface area contributed by atoms with Gasteiger partial charge in [0.15, 0.2) is 0 Å². The van der Waals surface area contributed by atoms with E-state index in [1.807, 2.05) is 0 Å². The van der Waals surface area contributed by atoms with E-state index >= 15 is 0 Å². The summed E-state index contributed by atoms with van der Waals surface area (Å²) in [6.45, 7) is 0. The first-order valence-corrected chi connectivity index (χ1v) is 7.02. The Morgan fingerprint density at radius 3 is 2.38 bits per heavy atom. The fourth-order valence-corrected chi connectivity index (χ4v) is 0.483. The van der Waals surface area contributed by atoms with Gasteiger partial charge in [0.1, 0.15) is 5.82 Å². The van der Waals surface area contributed by atoms with Crippen molar-refractivity contribution < 1.29 is 33.9 Å². The van der Waals surface area contributed by atoms with Crippen LogP contribution in [-0.4, -0.2) is 9.55 Å². The van der Waals surface area contributed by atoms with E-state index in [9.17, 15) is 14.0 Å². The number of hydrogen-bond acceptors (Lipinski definition) is 2. The fraction of sp³-hybridized carbons (Fsp3) is 0. The zero-order valence-electron chi connectivity index (χ0n) is 6.95. The first-order chi connectivity index (χ1) is 5.61. The second kappa shape index (κ2) is 7.42. The summed E-state index contributed by atoms with van der Waals surface area (Å²) in [7, 11) is 3.12. The molecule has 0 amide bonds. The number of nitrogens with one attached hydrogen (secondary N) is 1. The van der Waals surface area contributed by atoms with E-state index in [0.717, 1.165) is 35.7 Å². The summed E-state index contributed by atoms with van der Waals surface area (Å²) in [4.78, 5) is 22.5. The van der Waals surface area contributed by atoms with Gasteiger partial charge in [-0.1, -0.05) is 6.20 Å². The van der Waals surface area contributed by atoms with Gasteiger partial charge in [-0.15, -0.1) is 7.05 Å². The second-order valence-electron chi connectivity index (χ2n) is 1.71.